The smallest absolute Gasteiger partial charge is 0.311 e. The van der Waals surface area contributed by atoms with E-state index in [0.29, 0.717) is 11.7 Å². The van der Waals surface area contributed by atoms with Crippen molar-refractivity contribution in [3.05, 3.63) is 27.4 Å². The number of anilines is 1. The number of hydrogen-bond donors (Lipinski definition) is 1. The van der Waals surface area contributed by atoms with Gasteiger partial charge in [0, 0.05) is 12.1 Å². The van der Waals surface area contributed by atoms with E-state index >= 15 is 0 Å². The first-order valence-electron chi connectivity index (χ1n) is 6.67. The maximum absolute atomic E-state index is 11.0. The Hall–Kier alpha value is -1.36. The van der Waals surface area contributed by atoms with Crippen LogP contribution in [0.15, 0.2) is 12.1 Å². The van der Waals surface area contributed by atoms with Crippen LogP contribution in [-0.4, -0.2) is 15.9 Å². The second-order valence-corrected chi connectivity index (χ2v) is 5.43. The van der Waals surface area contributed by atoms with Crippen LogP contribution < -0.4 is 5.32 Å². The van der Waals surface area contributed by atoms with Crippen molar-refractivity contribution in [2.75, 3.05) is 5.32 Å². The van der Waals surface area contributed by atoms with E-state index in [1.165, 1.54) is 18.6 Å². The Labute approximate surface area is 117 Å². The molecular formula is C13H18ClN3O2. The fourth-order valence-electron chi connectivity index (χ4n) is 2.67. The van der Waals surface area contributed by atoms with E-state index in [9.17, 15) is 10.1 Å². The van der Waals surface area contributed by atoms with Gasteiger partial charge in [0.15, 0.2) is 0 Å². The topological polar surface area (TPSA) is 68.1 Å². The maximum atomic E-state index is 11.0. The van der Waals surface area contributed by atoms with Crippen molar-refractivity contribution in [3.63, 3.8) is 0 Å². The predicted octanol–water partition coefficient (Wildman–Crippen LogP) is 4.02. The second-order valence-electron chi connectivity index (χ2n) is 5.04. The lowest BCUT2D eigenvalue weighted by Gasteiger charge is -2.29. The van der Waals surface area contributed by atoms with Crippen molar-refractivity contribution < 1.29 is 4.92 Å². The molecule has 2 atom stereocenters. The van der Waals surface area contributed by atoms with Crippen LogP contribution in [0.5, 0.6) is 0 Å². The van der Waals surface area contributed by atoms with Gasteiger partial charge in [0.1, 0.15) is 5.15 Å². The van der Waals surface area contributed by atoms with Gasteiger partial charge in [0.05, 0.1) is 4.92 Å². The zero-order valence-corrected chi connectivity index (χ0v) is 11.7. The van der Waals surface area contributed by atoms with Crippen molar-refractivity contribution in [2.45, 2.75) is 45.1 Å². The van der Waals surface area contributed by atoms with E-state index in [-0.39, 0.29) is 16.9 Å². The Kier molecular flexibility index (Phi) is 4.58. The van der Waals surface area contributed by atoms with Crippen LogP contribution in [0.4, 0.5) is 11.5 Å². The molecule has 2 unspecified atom stereocenters. The quantitative estimate of drug-likeness (QED) is 0.515. The molecule has 1 heterocycles. The minimum atomic E-state index is -0.425. The normalized spacial score (nSPS) is 23.1. The van der Waals surface area contributed by atoms with E-state index < -0.39 is 4.92 Å². The number of pyridine rings is 1. The molecule has 1 aromatic heterocycles. The van der Waals surface area contributed by atoms with Gasteiger partial charge in [-0.1, -0.05) is 37.8 Å². The van der Waals surface area contributed by atoms with E-state index in [4.69, 9.17) is 11.6 Å². The van der Waals surface area contributed by atoms with E-state index in [1.807, 2.05) is 0 Å². The molecule has 0 bridgehead atoms. The van der Waals surface area contributed by atoms with Gasteiger partial charge in [-0.2, -0.15) is 0 Å². The fraction of sp³-hybridized carbons (Fsp3) is 0.615. The number of rotatable bonds is 4. The molecule has 5 nitrogen and oxygen atoms in total. The molecule has 0 radical (unpaired) electrons. The summed E-state index contributed by atoms with van der Waals surface area (Å²) in [5, 5.41) is 14.5. The Morgan fingerprint density at radius 1 is 1.53 bits per heavy atom. The molecule has 1 aliphatic carbocycles. The number of nitrogens with one attached hydrogen (secondary N) is 1. The molecule has 1 aliphatic rings. The van der Waals surface area contributed by atoms with Gasteiger partial charge in [0.25, 0.3) is 0 Å². The van der Waals surface area contributed by atoms with Crippen molar-refractivity contribution in [1.82, 2.24) is 4.98 Å². The molecule has 1 aromatic rings. The highest BCUT2D eigenvalue weighted by molar-refractivity contribution is 6.29. The van der Waals surface area contributed by atoms with Gasteiger partial charge in [-0.3, -0.25) is 10.1 Å². The summed E-state index contributed by atoms with van der Waals surface area (Å²) in [4.78, 5) is 14.6. The Bertz CT molecular complexity index is 467. The molecule has 1 saturated carbocycles. The molecule has 0 saturated heterocycles. The van der Waals surface area contributed by atoms with Crippen LogP contribution in [0.2, 0.25) is 5.15 Å². The molecule has 104 valence electrons. The molecular weight excluding hydrogens is 266 g/mol. The monoisotopic (exact) mass is 283 g/mol. The van der Waals surface area contributed by atoms with E-state index in [2.05, 4.69) is 17.2 Å². The lowest BCUT2D eigenvalue weighted by Crippen LogP contribution is -2.27. The van der Waals surface area contributed by atoms with Crippen molar-refractivity contribution in [1.29, 1.82) is 0 Å². The van der Waals surface area contributed by atoms with Crippen molar-refractivity contribution in [3.8, 4) is 0 Å². The molecule has 19 heavy (non-hydrogen) atoms. The third kappa shape index (κ3) is 3.56. The average molecular weight is 284 g/mol. The summed E-state index contributed by atoms with van der Waals surface area (Å²) in [7, 11) is 0. The number of nitro groups is 1. The standard InChI is InChI=1S/C13H18ClN3O2/c1-2-9-4-3-5-10(8-9)15-13-11(17(18)19)6-7-12(14)16-13/h6-7,9-10H,2-5,8H2,1H3,(H,15,16). The van der Waals surface area contributed by atoms with Crippen LogP contribution in [0.3, 0.4) is 0 Å². The minimum Gasteiger partial charge on any atom is -0.362 e. The molecule has 0 amide bonds. The largest absolute Gasteiger partial charge is 0.362 e. The minimum absolute atomic E-state index is 0.0111. The van der Waals surface area contributed by atoms with E-state index in [0.717, 1.165) is 25.7 Å². The molecule has 1 N–H and O–H groups in total. The Morgan fingerprint density at radius 3 is 3.00 bits per heavy atom. The first-order valence-corrected chi connectivity index (χ1v) is 7.05. The number of halogens is 1. The van der Waals surface area contributed by atoms with Crippen molar-refractivity contribution >= 4 is 23.1 Å². The average Bonchev–Trinajstić information content (AvgIpc) is 2.38. The maximum Gasteiger partial charge on any atom is 0.311 e. The number of aromatic nitrogens is 1. The first-order chi connectivity index (χ1) is 9.10. The first kappa shape index (κ1) is 14.1. The molecule has 1 fully saturated rings. The van der Waals surface area contributed by atoms with Crippen LogP contribution in [0, 0.1) is 16.0 Å². The Morgan fingerprint density at radius 2 is 2.32 bits per heavy atom. The third-order valence-corrected chi connectivity index (χ3v) is 3.95. The molecule has 0 aromatic carbocycles. The summed E-state index contributed by atoms with van der Waals surface area (Å²) in [5.74, 6) is 0.990. The zero-order chi connectivity index (χ0) is 13.8. The predicted molar refractivity (Wildman–Crippen MR) is 75.6 cm³/mol. The van der Waals surface area contributed by atoms with Gasteiger partial charge in [-0.05, 0) is 24.8 Å². The number of hydrogen-bond acceptors (Lipinski definition) is 4. The SMILES string of the molecule is CCC1CCCC(Nc2nc(Cl)ccc2[N+](=O)[O-])C1. The van der Waals surface area contributed by atoms with Gasteiger partial charge < -0.3 is 5.32 Å². The number of nitrogens with zero attached hydrogens (tertiary/aromatic N) is 2. The van der Waals surface area contributed by atoms with Gasteiger partial charge >= 0.3 is 5.69 Å². The molecule has 0 aliphatic heterocycles. The second kappa shape index (κ2) is 6.19. The molecule has 0 spiro atoms. The lowest BCUT2D eigenvalue weighted by atomic mass is 9.84. The summed E-state index contributed by atoms with van der Waals surface area (Å²) in [6.45, 7) is 2.19. The molecule has 6 heteroatoms. The third-order valence-electron chi connectivity index (χ3n) is 3.74. The van der Waals surface area contributed by atoms with Crippen LogP contribution in [0.25, 0.3) is 0 Å². The van der Waals surface area contributed by atoms with Crippen LogP contribution in [0.1, 0.15) is 39.0 Å². The highest BCUT2D eigenvalue weighted by atomic mass is 35.5. The molecule has 2 rings (SSSR count). The summed E-state index contributed by atoms with van der Waals surface area (Å²) in [5.41, 5.74) is -0.0111. The summed E-state index contributed by atoms with van der Waals surface area (Å²) < 4.78 is 0. The Balaban J connectivity index is 2.13. The summed E-state index contributed by atoms with van der Waals surface area (Å²) >= 11 is 5.82. The van der Waals surface area contributed by atoms with Gasteiger partial charge in [-0.15, -0.1) is 0 Å². The van der Waals surface area contributed by atoms with Crippen LogP contribution >= 0.6 is 11.6 Å². The van der Waals surface area contributed by atoms with Crippen molar-refractivity contribution in [2.24, 2.45) is 5.92 Å². The van der Waals surface area contributed by atoms with Crippen LogP contribution in [-0.2, 0) is 0 Å². The summed E-state index contributed by atoms with van der Waals surface area (Å²) in [6.07, 6.45) is 5.64. The lowest BCUT2D eigenvalue weighted by molar-refractivity contribution is -0.384. The zero-order valence-electron chi connectivity index (χ0n) is 10.9. The summed E-state index contributed by atoms with van der Waals surface area (Å²) in [6, 6.07) is 3.10. The fourth-order valence-corrected chi connectivity index (χ4v) is 2.82. The highest BCUT2D eigenvalue weighted by Crippen LogP contribution is 2.31. The van der Waals surface area contributed by atoms with Gasteiger partial charge in [0.2, 0.25) is 5.82 Å². The van der Waals surface area contributed by atoms with Gasteiger partial charge in [-0.25, -0.2) is 4.98 Å². The highest BCUT2D eigenvalue weighted by Gasteiger charge is 2.24. The van der Waals surface area contributed by atoms with E-state index in [1.54, 1.807) is 0 Å².